The van der Waals surface area contributed by atoms with E-state index < -0.39 is 11.7 Å². The van der Waals surface area contributed by atoms with Gasteiger partial charge in [0.05, 0.1) is 6.20 Å². The average molecular weight is 301 g/mol. The molecule has 0 aliphatic rings. The highest BCUT2D eigenvalue weighted by atomic mass is 16.6. The summed E-state index contributed by atoms with van der Waals surface area (Å²) in [6.45, 7) is 9.96. The van der Waals surface area contributed by atoms with Crippen LogP contribution < -0.4 is 10.6 Å². The highest BCUT2D eigenvalue weighted by Gasteiger charge is 2.16. The molecule has 0 aliphatic carbocycles. The molecule has 118 valence electrons. The van der Waals surface area contributed by atoms with E-state index in [9.17, 15) is 4.79 Å². The number of benzene rings is 1. The van der Waals surface area contributed by atoms with Crippen molar-refractivity contribution in [3.05, 3.63) is 72.6 Å². The largest absolute Gasteiger partial charge is 0.444 e. The number of ether oxygens (including phenoxy) is 1. The smallest absolute Gasteiger partial charge is 0.412 e. The molecule has 0 atom stereocenters. The summed E-state index contributed by atoms with van der Waals surface area (Å²) >= 11 is 0. The van der Waals surface area contributed by atoms with Gasteiger partial charge in [0, 0.05) is 17.3 Å². The Morgan fingerprint density at radius 1 is 1.32 bits per heavy atom. The molecule has 0 aromatic heterocycles. The summed E-state index contributed by atoms with van der Waals surface area (Å²) in [7, 11) is 0. The fourth-order valence-corrected chi connectivity index (χ4v) is 1.68. The first-order valence-corrected chi connectivity index (χ1v) is 7.27. The second kappa shape index (κ2) is 8.85. The molecule has 4 nitrogen and oxygen atoms in total. The summed E-state index contributed by atoms with van der Waals surface area (Å²) in [5, 5.41) is 4.73. The predicted octanol–water partition coefficient (Wildman–Crippen LogP) is 2.86. The lowest BCUT2D eigenvalue weighted by Gasteiger charge is -2.19. The maximum atomic E-state index is 11.7. The number of quaternary nitrogens is 1. The van der Waals surface area contributed by atoms with E-state index >= 15 is 0 Å². The second-order valence-corrected chi connectivity index (χ2v) is 5.77. The highest BCUT2D eigenvalue weighted by Crippen LogP contribution is 2.07. The number of rotatable bonds is 6. The van der Waals surface area contributed by atoms with Crippen molar-refractivity contribution >= 4 is 6.09 Å². The van der Waals surface area contributed by atoms with Crippen molar-refractivity contribution in [1.29, 1.82) is 0 Å². The van der Waals surface area contributed by atoms with Gasteiger partial charge in [-0.3, -0.25) is 5.32 Å². The number of nitrogens with one attached hydrogen (secondary N) is 1. The molecule has 0 aliphatic heterocycles. The number of carbonyl (C=O) groups excluding carboxylic acids is 1. The molecule has 3 N–H and O–H groups in total. The Hall–Kier alpha value is -2.33. The van der Waals surface area contributed by atoms with E-state index in [-0.39, 0.29) is 0 Å². The fourth-order valence-electron chi connectivity index (χ4n) is 1.68. The number of nitrogens with two attached hydrogens (primary N) is 1. The Morgan fingerprint density at radius 3 is 2.59 bits per heavy atom. The van der Waals surface area contributed by atoms with Gasteiger partial charge in [-0.2, -0.15) is 0 Å². The number of alkyl carbamates (subject to hydrolysis) is 1. The minimum absolute atomic E-state index is 0.478. The summed E-state index contributed by atoms with van der Waals surface area (Å²) < 4.78 is 5.22. The molecule has 1 aromatic rings. The normalized spacial score (nSPS) is 12.2. The van der Waals surface area contributed by atoms with Crippen molar-refractivity contribution in [1.82, 2.24) is 5.32 Å². The third-order valence-electron chi connectivity index (χ3n) is 2.55. The number of hydrogen-bond donors (Lipinski definition) is 2. The summed E-state index contributed by atoms with van der Waals surface area (Å²) in [5.41, 5.74) is 1.35. The van der Waals surface area contributed by atoms with Crippen LogP contribution in [-0.2, 0) is 11.3 Å². The topological polar surface area (TPSA) is 54.9 Å². The molecular formula is C18H25N2O2+. The fraction of sp³-hybridized carbons (Fsp3) is 0.278. The first kappa shape index (κ1) is 17.7. The van der Waals surface area contributed by atoms with E-state index in [1.54, 1.807) is 12.2 Å². The summed E-state index contributed by atoms with van der Waals surface area (Å²) in [6.07, 6.45) is 6.58. The number of hydrogen-bond acceptors (Lipinski definition) is 2. The molecule has 22 heavy (non-hydrogen) atoms. The standard InChI is InChI=1S/C18H24N2O2/c1-5-9-16(20-17(21)22-18(2,3)4)12-13-19-14-15-10-7-6-8-11-15/h5-13,19H,1,14H2,2-4H3,(H,20,21)/p+1/b13-12-,16-9+. The highest BCUT2D eigenvalue weighted by molar-refractivity contribution is 5.70. The van der Waals surface area contributed by atoms with Crippen LogP contribution in [0.15, 0.2) is 67.0 Å². The van der Waals surface area contributed by atoms with Crippen LogP contribution in [0.4, 0.5) is 4.79 Å². The Kier molecular flexibility index (Phi) is 7.13. The van der Waals surface area contributed by atoms with Crippen molar-refractivity contribution in [2.24, 2.45) is 0 Å². The lowest BCUT2D eigenvalue weighted by atomic mass is 10.2. The molecule has 4 heteroatoms. The van der Waals surface area contributed by atoms with E-state index in [4.69, 9.17) is 4.74 Å². The van der Waals surface area contributed by atoms with Crippen molar-refractivity contribution in [2.75, 3.05) is 0 Å². The van der Waals surface area contributed by atoms with Crippen molar-refractivity contribution in [2.45, 2.75) is 32.9 Å². The van der Waals surface area contributed by atoms with Crippen molar-refractivity contribution in [3.8, 4) is 0 Å². The minimum atomic E-state index is -0.521. The summed E-state index contributed by atoms with van der Waals surface area (Å²) in [4.78, 5) is 11.7. The van der Waals surface area contributed by atoms with Gasteiger partial charge in [-0.25, -0.2) is 4.79 Å². The molecule has 0 saturated heterocycles. The van der Waals surface area contributed by atoms with Gasteiger partial charge in [0.1, 0.15) is 12.1 Å². The van der Waals surface area contributed by atoms with Gasteiger partial charge < -0.3 is 10.1 Å². The van der Waals surface area contributed by atoms with Gasteiger partial charge in [-0.1, -0.05) is 43.0 Å². The summed E-state index contributed by atoms with van der Waals surface area (Å²) in [6, 6.07) is 10.2. The van der Waals surface area contributed by atoms with Crippen LogP contribution in [0.5, 0.6) is 0 Å². The Morgan fingerprint density at radius 2 is 2.00 bits per heavy atom. The third kappa shape index (κ3) is 8.07. The zero-order valence-corrected chi connectivity index (χ0v) is 13.5. The van der Waals surface area contributed by atoms with Gasteiger partial charge in [-0.15, -0.1) is 0 Å². The van der Waals surface area contributed by atoms with Crippen LogP contribution in [0.3, 0.4) is 0 Å². The number of allylic oxidation sites excluding steroid dienone is 3. The Bertz CT molecular complexity index is 540. The van der Waals surface area contributed by atoms with Gasteiger partial charge in [0.25, 0.3) is 0 Å². The van der Waals surface area contributed by atoms with Crippen LogP contribution in [-0.4, -0.2) is 11.7 Å². The van der Waals surface area contributed by atoms with Gasteiger partial charge in [-0.05, 0) is 26.8 Å². The second-order valence-electron chi connectivity index (χ2n) is 5.77. The van der Waals surface area contributed by atoms with Crippen molar-refractivity contribution < 1.29 is 14.8 Å². The van der Waals surface area contributed by atoms with Crippen LogP contribution in [0, 0.1) is 0 Å². The molecular weight excluding hydrogens is 276 g/mol. The van der Waals surface area contributed by atoms with E-state index in [0.717, 1.165) is 6.54 Å². The maximum Gasteiger partial charge on any atom is 0.412 e. The van der Waals surface area contributed by atoms with Gasteiger partial charge >= 0.3 is 6.09 Å². The molecule has 0 unspecified atom stereocenters. The molecule has 1 amide bonds. The molecule has 0 bridgehead atoms. The zero-order valence-electron chi connectivity index (χ0n) is 13.5. The molecule has 0 fully saturated rings. The van der Waals surface area contributed by atoms with Gasteiger partial charge in [0.15, 0.2) is 0 Å². The minimum Gasteiger partial charge on any atom is -0.444 e. The van der Waals surface area contributed by atoms with Crippen LogP contribution in [0.2, 0.25) is 0 Å². The van der Waals surface area contributed by atoms with E-state index in [1.165, 1.54) is 5.56 Å². The molecule has 1 rings (SSSR count). The monoisotopic (exact) mass is 301 g/mol. The molecule has 0 radical (unpaired) electrons. The Balaban J connectivity index is 2.50. The van der Waals surface area contributed by atoms with E-state index in [1.807, 2.05) is 56.6 Å². The van der Waals surface area contributed by atoms with Crippen LogP contribution >= 0.6 is 0 Å². The van der Waals surface area contributed by atoms with Crippen LogP contribution in [0.1, 0.15) is 26.3 Å². The van der Waals surface area contributed by atoms with E-state index in [2.05, 4.69) is 24.0 Å². The lowest BCUT2D eigenvalue weighted by Crippen LogP contribution is -2.76. The number of carbonyl (C=O) groups is 1. The third-order valence-corrected chi connectivity index (χ3v) is 2.55. The number of amides is 1. The lowest BCUT2D eigenvalue weighted by molar-refractivity contribution is -0.604. The SMILES string of the molecule is C=C/C=C(\C=C/[NH2+]Cc1ccccc1)NC(=O)OC(C)(C)C. The van der Waals surface area contributed by atoms with Crippen molar-refractivity contribution in [3.63, 3.8) is 0 Å². The quantitative estimate of drug-likeness (QED) is 0.794. The maximum absolute atomic E-state index is 11.7. The first-order chi connectivity index (χ1) is 10.4. The van der Waals surface area contributed by atoms with E-state index in [0.29, 0.717) is 5.70 Å². The molecule has 0 heterocycles. The molecule has 0 saturated carbocycles. The van der Waals surface area contributed by atoms with Gasteiger partial charge in [0.2, 0.25) is 0 Å². The van der Waals surface area contributed by atoms with Crippen LogP contribution in [0.25, 0.3) is 0 Å². The average Bonchev–Trinajstić information content (AvgIpc) is 2.42. The Labute approximate surface area is 132 Å². The first-order valence-electron chi connectivity index (χ1n) is 7.27. The zero-order chi connectivity index (χ0) is 16.4. The summed E-state index contributed by atoms with van der Waals surface area (Å²) in [5.74, 6) is 0. The molecule has 0 spiro atoms. The molecule has 1 aromatic carbocycles. The predicted molar refractivity (Wildman–Crippen MR) is 88.9 cm³/mol.